The highest BCUT2D eigenvalue weighted by molar-refractivity contribution is 6.04. The smallest absolute Gasteiger partial charge is 0.274 e. The molecule has 1 aromatic carbocycles. The summed E-state index contributed by atoms with van der Waals surface area (Å²) in [7, 11) is 0. The summed E-state index contributed by atoms with van der Waals surface area (Å²) in [6.45, 7) is 6.64. The Morgan fingerprint density at radius 3 is 2.44 bits per heavy atom. The summed E-state index contributed by atoms with van der Waals surface area (Å²) in [6, 6.07) is 11.3. The average Bonchev–Trinajstić information content (AvgIpc) is 2.70. The summed E-state index contributed by atoms with van der Waals surface area (Å²) in [6.07, 6.45) is 0. The number of benzene rings is 1. The minimum absolute atomic E-state index is 0.269. The second kappa shape index (κ2) is 7.28. The molecule has 0 radical (unpaired) electrons. The molecule has 0 unspecified atom stereocenters. The van der Waals surface area contributed by atoms with Crippen molar-refractivity contribution >= 4 is 28.4 Å². The summed E-state index contributed by atoms with van der Waals surface area (Å²) in [5.74, 6) is 0.407. The number of carbonyl (C=O) groups is 1. The van der Waals surface area contributed by atoms with Gasteiger partial charge in [-0.05, 0) is 26.0 Å². The van der Waals surface area contributed by atoms with Crippen LogP contribution in [0.2, 0.25) is 0 Å². The fraction of sp³-hybridized carbons (Fsp3) is 0.300. The van der Waals surface area contributed by atoms with E-state index < -0.39 is 0 Å². The van der Waals surface area contributed by atoms with Gasteiger partial charge in [0.05, 0.1) is 35.8 Å². The number of nitrogens with zero attached hydrogens (tertiary/aromatic N) is 4. The lowest BCUT2D eigenvalue weighted by atomic mass is 10.2. The first-order valence-corrected chi connectivity index (χ1v) is 8.97. The summed E-state index contributed by atoms with van der Waals surface area (Å²) >= 11 is 0. The van der Waals surface area contributed by atoms with Crippen LogP contribution < -0.4 is 10.2 Å². The van der Waals surface area contributed by atoms with Crippen molar-refractivity contribution in [3.05, 3.63) is 53.5 Å². The third-order valence-corrected chi connectivity index (χ3v) is 4.62. The second-order valence-electron chi connectivity index (χ2n) is 6.51. The molecule has 27 heavy (non-hydrogen) atoms. The highest BCUT2D eigenvalue weighted by Gasteiger charge is 2.18. The minimum Gasteiger partial charge on any atom is -0.378 e. The Hall–Kier alpha value is -3.06. The molecule has 0 aliphatic carbocycles. The Morgan fingerprint density at radius 1 is 1.00 bits per heavy atom. The van der Waals surface area contributed by atoms with E-state index in [0.29, 0.717) is 30.5 Å². The van der Waals surface area contributed by atoms with Crippen molar-refractivity contribution in [1.29, 1.82) is 0 Å². The first-order valence-electron chi connectivity index (χ1n) is 8.97. The predicted molar refractivity (Wildman–Crippen MR) is 104 cm³/mol. The molecule has 1 N–H and O–H groups in total. The molecule has 3 aromatic rings. The van der Waals surface area contributed by atoms with Crippen molar-refractivity contribution in [1.82, 2.24) is 15.0 Å². The van der Waals surface area contributed by atoms with Crippen molar-refractivity contribution < 1.29 is 9.53 Å². The molecule has 7 heteroatoms. The van der Waals surface area contributed by atoms with Gasteiger partial charge >= 0.3 is 0 Å². The summed E-state index contributed by atoms with van der Waals surface area (Å²) in [5, 5.41) is 3.92. The van der Waals surface area contributed by atoms with Crippen molar-refractivity contribution in [3.8, 4) is 0 Å². The van der Waals surface area contributed by atoms with Gasteiger partial charge in [-0.2, -0.15) is 0 Å². The third-order valence-electron chi connectivity index (χ3n) is 4.62. The Kier molecular flexibility index (Phi) is 4.68. The Labute approximate surface area is 157 Å². The Balaban J connectivity index is 1.58. The minimum atomic E-state index is -0.269. The highest BCUT2D eigenvalue weighted by Crippen LogP contribution is 2.22. The molecular weight excluding hydrogens is 342 g/mol. The van der Waals surface area contributed by atoms with E-state index in [-0.39, 0.29) is 5.91 Å². The maximum absolute atomic E-state index is 12.7. The van der Waals surface area contributed by atoms with E-state index in [1.54, 1.807) is 6.07 Å². The molecule has 0 saturated carbocycles. The third kappa shape index (κ3) is 3.59. The standard InChI is InChI=1S/C20H21N5O2/c1-13-18(14(2)22-20(21-13)25-9-11-27-12-10-25)24-19(26)17-8-7-15-5-3-4-6-16(15)23-17/h3-8H,9-12H2,1-2H3,(H,24,26). The molecule has 4 rings (SSSR count). The number of anilines is 2. The van der Waals surface area contributed by atoms with E-state index in [4.69, 9.17) is 4.74 Å². The number of ether oxygens (including phenoxy) is 1. The molecular formula is C20H21N5O2. The number of hydrogen-bond donors (Lipinski definition) is 1. The molecule has 2 aromatic heterocycles. The van der Waals surface area contributed by atoms with Gasteiger partial charge in [-0.25, -0.2) is 15.0 Å². The van der Waals surface area contributed by atoms with E-state index in [1.807, 2.05) is 44.2 Å². The zero-order valence-electron chi connectivity index (χ0n) is 15.4. The van der Waals surface area contributed by atoms with Crippen molar-refractivity contribution in [3.63, 3.8) is 0 Å². The van der Waals surface area contributed by atoms with Crippen LogP contribution >= 0.6 is 0 Å². The van der Waals surface area contributed by atoms with E-state index >= 15 is 0 Å². The predicted octanol–water partition coefficient (Wildman–Crippen LogP) is 2.73. The quantitative estimate of drug-likeness (QED) is 0.771. The molecule has 1 aliphatic rings. The number of hydrogen-bond acceptors (Lipinski definition) is 6. The molecule has 3 heterocycles. The van der Waals surface area contributed by atoms with Crippen molar-refractivity contribution in [2.45, 2.75) is 13.8 Å². The molecule has 1 aliphatic heterocycles. The van der Waals surface area contributed by atoms with Gasteiger partial charge in [-0.15, -0.1) is 0 Å². The van der Waals surface area contributed by atoms with Gasteiger partial charge in [0.15, 0.2) is 0 Å². The summed E-state index contributed by atoms with van der Waals surface area (Å²) in [5.41, 5.74) is 3.26. The first-order chi connectivity index (χ1) is 13.1. The number of aryl methyl sites for hydroxylation is 2. The van der Waals surface area contributed by atoms with Crippen LogP contribution in [0.3, 0.4) is 0 Å². The molecule has 0 bridgehead atoms. The van der Waals surface area contributed by atoms with Crippen LogP contribution in [0, 0.1) is 13.8 Å². The van der Waals surface area contributed by atoms with Crippen LogP contribution in [0.4, 0.5) is 11.6 Å². The van der Waals surface area contributed by atoms with E-state index in [2.05, 4.69) is 25.2 Å². The lowest BCUT2D eigenvalue weighted by Gasteiger charge is -2.27. The normalized spacial score (nSPS) is 14.4. The number of carbonyl (C=O) groups excluding carboxylic acids is 1. The maximum atomic E-state index is 12.7. The largest absolute Gasteiger partial charge is 0.378 e. The molecule has 138 valence electrons. The number of amides is 1. The van der Waals surface area contributed by atoms with E-state index in [9.17, 15) is 4.79 Å². The lowest BCUT2D eigenvalue weighted by molar-refractivity contribution is 0.102. The first kappa shape index (κ1) is 17.4. The molecule has 0 atom stereocenters. The number of nitrogens with one attached hydrogen (secondary N) is 1. The molecule has 0 spiro atoms. The van der Waals surface area contributed by atoms with Crippen molar-refractivity contribution in [2.75, 3.05) is 36.5 Å². The molecule has 7 nitrogen and oxygen atoms in total. The number of rotatable bonds is 3. The Morgan fingerprint density at radius 2 is 1.70 bits per heavy atom. The molecule has 1 saturated heterocycles. The van der Waals surface area contributed by atoms with Crippen LogP contribution in [-0.4, -0.2) is 47.2 Å². The van der Waals surface area contributed by atoms with Gasteiger partial charge in [0.25, 0.3) is 5.91 Å². The van der Waals surface area contributed by atoms with Gasteiger partial charge in [0, 0.05) is 18.5 Å². The summed E-state index contributed by atoms with van der Waals surface area (Å²) < 4.78 is 5.38. The number of para-hydroxylation sites is 1. The van der Waals surface area contributed by atoms with Gasteiger partial charge in [0.1, 0.15) is 5.69 Å². The lowest BCUT2D eigenvalue weighted by Crippen LogP contribution is -2.37. The topological polar surface area (TPSA) is 80.2 Å². The van der Waals surface area contributed by atoms with E-state index in [0.717, 1.165) is 35.4 Å². The monoisotopic (exact) mass is 363 g/mol. The maximum Gasteiger partial charge on any atom is 0.274 e. The Bertz CT molecular complexity index is 976. The van der Waals surface area contributed by atoms with Gasteiger partial charge in [0.2, 0.25) is 5.95 Å². The number of aromatic nitrogens is 3. The van der Waals surface area contributed by atoms with Crippen molar-refractivity contribution in [2.24, 2.45) is 0 Å². The SMILES string of the molecule is Cc1nc(N2CCOCC2)nc(C)c1NC(=O)c1ccc2ccccc2n1. The zero-order valence-corrected chi connectivity index (χ0v) is 15.4. The second-order valence-corrected chi connectivity index (χ2v) is 6.51. The number of morpholine rings is 1. The number of pyridine rings is 1. The molecule has 1 fully saturated rings. The highest BCUT2D eigenvalue weighted by atomic mass is 16.5. The van der Waals surface area contributed by atoms with Crippen LogP contribution in [0.1, 0.15) is 21.9 Å². The fourth-order valence-corrected chi connectivity index (χ4v) is 3.15. The van der Waals surface area contributed by atoms with Crippen LogP contribution in [0.5, 0.6) is 0 Å². The fourth-order valence-electron chi connectivity index (χ4n) is 3.15. The number of fused-ring (bicyclic) bond motifs is 1. The van der Waals surface area contributed by atoms with Crippen LogP contribution in [-0.2, 0) is 4.74 Å². The van der Waals surface area contributed by atoms with Crippen LogP contribution in [0.25, 0.3) is 10.9 Å². The van der Waals surface area contributed by atoms with E-state index in [1.165, 1.54) is 0 Å². The zero-order chi connectivity index (χ0) is 18.8. The average molecular weight is 363 g/mol. The van der Waals surface area contributed by atoms with Crippen LogP contribution in [0.15, 0.2) is 36.4 Å². The molecule has 1 amide bonds. The van der Waals surface area contributed by atoms with Gasteiger partial charge in [-0.3, -0.25) is 4.79 Å². The van der Waals surface area contributed by atoms with Gasteiger partial charge < -0.3 is 15.0 Å². The summed E-state index contributed by atoms with van der Waals surface area (Å²) in [4.78, 5) is 28.4. The van der Waals surface area contributed by atoms with Gasteiger partial charge in [-0.1, -0.05) is 24.3 Å².